The van der Waals surface area contributed by atoms with E-state index in [4.69, 9.17) is 4.74 Å². The van der Waals surface area contributed by atoms with E-state index in [1.165, 1.54) is 18.7 Å². The summed E-state index contributed by atoms with van der Waals surface area (Å²) in [5.74, 6) is -2.45. The van der Waals surface area contributed by atoms with E-state index in [9.17, 15) is 30.3 Å². The van der Waals surface area contributed by atoms with Crippen LogP contribution in [0.15, 0.2) is 0 Å². The van der Waals surface area contributed by atoms with Crippen LogP contribution in [0.5, 0.6) is 0 Å². The Kier molecular flexibility index (Phi) is 8.44. The normalized spacial score (nSPS) is 35.1. The molecular formula is C22H40O7S. The second-order valence-electron chi connectivity index (χ2n) is 10.7. The van der Waals surface area contributed by atoms with Crippen molar-refractivity contribution in [2.24, 2.45) is 22.7 Å². The highest BCUT2D eigenvalue weighted by Gasteiger charge is 2.70. The van der Waals surface area contributed by atoms with Crippen molar-refractivity contribution in [1.82, 2.24) is 0 Å². The van der Waals surface area contributed by atoms with Crippen molar-refractivity contribution in [3.05, 3.63) is 0 Å². The molecule has 2 aliphatic rings. The zero-order valence-electron chi connectivity index (χ0n) is 18.9. The number of fused-ring (bicyclic) bond motifs is 1. The van der Waals surface area contributed by atoms with E-state index in [1.807, 2.05) is 0 Å². The van der Waals surface area contributed by atoms with Crippen LogP contribution in [0.4, 0.5) is 0 Å². The lowest BCUT2D eigenvalue weighted by atomic mass is 9.71. The number of carbonyl (C=O) groups excluding carboxylic acids is 1. The third-order valence-electron chi connectivity index (χ3n) is 6.69. The molecule has 7 atom stereocenters. The molecule has 1 aliphatic carbocycles. The van der Waals surface area contributed by atoms with Gasteiger partial charge in [-0.1, -0.05) is 27.7 Å². The van der Waals surface area contributed by atoms with Crippen molar-refractivity contribution in [3.63, 3.8) is 0 Å². The Balaban J connectivity index is 1.77. The SMILES string of the molecule is CC(O)C(=O)CCCC(C)(C)CC(C)(C)CCSC1OC2(O)C(CO)C(O)C(O)C12. The molecule has 0 aromatic carbocycles. The molecule has 2 rings (SSSR count). The van der Waals surface area contributed by atoms with Crippen molar-refractivity contribution in [1.29, 1.82) is 0 Å². The van der Waals surface area contributed by atoms with Crippen LogP contribution in [-0.2, 0) is 9.53 Å². The molecule has 0 radical (unpaired) electrons. The Morgan fingerprint density at radius 1 is 1.13 bits per heavy atom. The highest BCUT2D eigenvalue weighted by Crippen LogP contribution is 2.56. The summed E-state index contributed by atoms with van der Waals surface area (Å²) in [6.45, 7) is 9.91. The fraction of sp³-hybridized carbons (Fsp3) is 0.955. The van der Waals surface area contributed by atoms with Gasteiger partial charge >= 0.3 is 0 Å². The predicted octanol–water partition coefficient (Wildman–Crippen LogP) is 1.68. The first kappa shape index (κ1) is 26.0. The highest BCUT2D eigenvalue weighted by atomic mass is 32.2. The molecule has 1 saturated heterocycles. The molecule has 1 aliphatic heterocycles. The number of ether oxygens (including phenoxy) is 1. The van der Waals surface area contributed by atoms with E-state index in [-0.39, 0.29) is 16.6 Å². The van der Waals surface area contributed by atoms with Gasteiger partial charge in [0.05, 0.1) is 30.7 Å². The molecule has 176 valence electrons. The molecule has 5 N–H and O–H groups in total. The van der Waals surface area contributed by atoms with Crippen LogP contribution in [-0.4, -0.2) is 73.2 Å². The number of ketones is 1. The minimum Gasteiger partial charge on any atom is -0.396 e. The van der Waals surface area contributed by atoms with Crippen molar-refractivity contribution < 1.29 is 35.1 Å². The van der Waals surface area contributed by atoms with Gasteiger partial charge in [-0.05, 0) is 49.2 Å². The number of Topliss-reactive ketones (excluding diaryl/α,β-unsaturated/α-hetero) is 1. The van der Waals surface area contributed by atoms with Crippen LogP contribution in [0, 0.1) is 22.7 Å². The van der Waals surface area contributed by atoms with Crippen LogP contribution in [0.25, 0.3) is 0 Å². The smallest absolute Gasteiger partial charge is 0.183 e. The van der Waals surface area contributed by atoms with Crippen molar-refractivity contribution >= 4 is 17.5 Å². The number of aliphatic hydroxyl groups is 5. The Morgan fingerprint density at radius 2 is 1.73 bits per heavy atom. The summed E-state index contributed by atoms with van der Waals surface area (Å²) in [6, 6.07) is 0. The van der Waals surface area contributed by atoms with E-state index in [0.29, 0.717) is 6.42 Å². The predicted molar refractivity (Wildman–Crippen MR) is 116 cm³/mol. The van der Waals surface area contributed by atoms with Crippen molar-refractivity contribution in [3.8, 4) is 0 Å². The summed E-state index contributed by atoms with van der Waals surface area (Å²) in [7, 11) is 0. The lowest BCUT2D eigenvalue weighted by Crippen LogP contribution is -2.61. The maximum absolute atomic E-state index is 11.6. The zero-order chi connectivity index (χ0) is 22.9. The second-order valence-corrected chi connectivity index (χ2v) is 11.9. The summed E-state index contributed by atoms with van der Waals surface area (Å²) < 4.78 is 5.59. The fourth-order valence-electron chi connectivity index (χ4n) is 5.15. The molecule has 0 spiro atoms. The average molecular weight is 449 g/mol. The summed E-state index contributed by atoms with van der Waals surface area (Å²) in [4.78, 5) is 11.6. The maximum atomic E-state index is 11.6. The largest absolute Gasteiger partial charge is 0.396 e. The van der Waals surface area contributed by atoms with Crippen LogP contribution in [0.2, 0.25) is 0 Å². The van der Waals surface area contributed by atoms with Crippen LogP contribution < -0.4 is 0 Å². The van der Waals surface area contributed by atoms with E-state index in [2.05, 4.69) is 27.7 Å². The van der Waals surface area contributed by atoms with Gasteiger partial charge in [0, 0.05) is 6.42 Å². The van der Waals surface area contributed by atoms with Gasteiger partial charge in [0.25, 0.3) is 0 Å². The standard InChI is InChI=1S/C22H40O7S/c1-13(24)15(25)7-6-8-20(2,3)12-21(4,5)9-10-30-19-16-18(27)17(26)14(11-23)22(16,28)29-19/h13-14,16-19,23-24,26-28H,6-12H2,1-5H3. The molecule has 0 aromatic heterocycles. The third kappa shape index (κ3) is 5.77. The van der Waals surface area contributed by atoms with Crippen LogP contribution in [0.3, 0.4) is 0 Å². The third-order valence-corrected chi connectivity index (χ3v) is 7.85. The summed E-state index contributed by atoms with van der Waals surface area (Å²) in [5, 5.41) is 49.5. The van der Waals surface area contributed by atoms with E-state index in [0.717, 1.165) is 31.4 Å². The topological polar surface area (TPSA) is 127 Å². The first-order valence-electron chi connectivity index (χ1n) is 10.9. The van der Waals surface area contributed by atoms with Gasteiger partial charge in [-0.3, -0.25) is 4.79 Å². The first-order chi connectivity index (χ1) is 13.7. The number of hydrogen-bond acceptors (Lipinski definition) is 8. The van der Waals surface area contributed by atoms with Gasteiger partial charge in [0.2, 0.25) is 0 Å². The first-order valence-corrected chi connectivity index (χ1v) is 12.0. The second kappa shape index (κ2) is 9.73. The Labute approximate surface area is 184 Å². The monoisotopic (exact) mass is 448 g/mol. The molecule has 7 unspecified atom stereocenters. The molecule has 8 heteroatoms. The molecule has 30 heavy (non-hydrogen) atoms. The van der Waals surface area contributed by atoms with E-state index >= 15 is 0 Å². The molecular weight excluding hydrogens is 408 g/mol. The van der Waals surface area contributed by atoms with Crippen LogP contribution >= 0.6 is 11.8 Å². The average Bonchev–Trinajstić information content (AvgIpc) is 2.73. The number of aliphatic hydroxyl groups excluding tert-OH is 4. The number of carbonyl (C=O) groups is 1. The van der Waals surface area contributed by atoms with Gasteiger partial charge in [0.15, 0.2) is 11.6 Å². The molecule has 0 bridgehead atoms. The lowest BCUT2D eigenvalue weighted by Gasteiger charge is -2.49. The quantitative estimate of drug-likeness (QED) is 0.305. The van der Waals surface area contributed by atoms with Gasteiger partial charge in [-0.15, -0.1) is 11.8 Å². The molecule has 1 heterocycles. The van der Waals surface area contributed by atoms with Gasteiger partial charge in [-0.25, -0.2) is 0 Å². The molecule has 0 aromatic rings. The minimum atomic E-state index is -1.65. The zero-order valence-corrected chi connectivity index (χ0v) is 19.7. The summed E-state index contributed by atoms with van der Waals surface area (Å²) in [6.07, 6.45) is 0.809. The summed E-state index contributed by atoms with van der Waals surface area (Å²) >= 11 is 1.53. The molecule has 1 saturated carbocycles. The Morgan fingerprint density at radius 3 is 2.30 bits per heavy atom. The Bertz CT molecular complexity index is 594. The lowest BCUT2D eigenvalue weighted by molar-refractivity contribution is -0.355. The van der Waals surface area contributed by atoms with E-state index < -0.39 is 48.0 Å². The van der Waals surface area contributed by atoms with Crippen molar-refractivity contribution in [2.45, 2.75) is 96.3 Å². The fourth-order valence-corrected chi connectivity index (χ4v) is 6.83. The Hall–Kier alpha value is -0.220. The van der Waals surface area contributed by atoms with Gasteiger partial charge in [-0.2, -0.15) is 0 Å². The number of hydrogen-bond donors (Lipinski definition) is 5. The maximum Gasteiger partial charge on any atom is 0.183 e. The molecule has 7 nitrogen and oxygen atoms in total. The minimum absolute atomic E-state index is 0.0618. The summed E-state index contributed by atoms with van der Waals surface area (Å²) in [5.41, 5.74) is -0.265. The molecule has 2 fully saturated rings. The van der Waals surface area contributed by atoms with Gasteiger partial charge in [0.1, 0.15) is 11.5 Å². The number of rotatable bonds is 12. The van der Waals surface area contributed by atoms with Crippen molar-refractivity contribution in [2.75, 3.05) is 12.4 Å². The molecule has 0 amide bonds. The van der Waals surface area contributed by atoms with E-state index in [1.54, 1.807) is 0 Å². The van der Waals surface area contributed by atoms with Gasteiger partial charge < -0.3 is 30.3 Å². The van der Waals surface area contributed by atoms with Crippen LogP contribution in [0.1, 0.15) is 66.7 Å². The highest BCUT2D eigenvalue weighted by molar-refractivity contribution is 7.99. The number of thioether (sulfide) groups is 1.